The Labute approximate surface area is 137 Å². The summed E-state index contributed by atoms with van der Waals surface area (Å²) in [5.41, 5.74) is 7.74. The van der Waals surface area contributed by atoms with E-state index in [1.165, 1.54) is 0 Å². The number of anilines is 1. The fourth-order valence-electron chi connectivity index (χ4n) is 2.27. The number of likely N-dealkylation sites (N-methyl/N-ethyl adjacent to an activating group) is 1. The molecule has 2 N–H and O–H groups in total. The van der Waals surface area contributed by atoms with E-state index < -0.39 is 0 Å². The number of hydrogen-bond donors (Lipinski definition) is 1. The summed E-state index contributed by atoms with van der Waals surface area (Å²) in [5, 5.41) is 0. The maximum Gasteiger partial charge on any atom is 0.242 e. The minimum Gasteiger partial charge on any atom is -0.358 e. The highest BCUT2D eigenvalue weighted by Crippen LogP contribution is 2.16. The first-order valence-electron chi connectivity index (χ1n) is 7.76. The van der Waals surface area contributed by atoms with Crippen molar-refractivity contribution in [2.75, 3.05) is 25.0 Å². The third-order valence-corrected chi connectivity index (χ3v) is 3.94. The molecule has 122 valence electrons. The van der Waals surface area contributed by atoms with Gasteiger partial charge in [0.25, 0.3) is 0 Å². The average molecular weight is 312 g/mol. The lowest BCUT2D eigenvalue weighted by molar-refractivity contribution is -0.130. The lowest BCUT2D eigenvalue weighted by Gasteiger charge is -2.29. The predicted molar refractivity (Wildman–Crippen MR) is 93.0 cm³/mol. The molecule has 0 saturated heterocycles. The molecule has 2 rings (SSSR count). The number of rotatable bonds is 7. The fourth-order valence-corrected chi connectivity index (χ4v) is 2.27. The first kappa shape index (κ1) is 17.0. The second kappa shape index (κ2) is 8.29. The van der Waals surface area contributed by atoms with Gasteiger partial charge in [0.2, 0.25) is 5.91 Å². The summed E-state index contributed by atoms with van der Waals surface area (Å²) in [6, 6.07) is 13.9. The molecule has 2 aromatic rings. The highest BCUT2D eigenvalue weighted by atomic mass is 16.2. The number of nitrogens with zero attached hydrogens (tertiary/aromatic N) is 3. The van der Waals surface area contributed by atoms with Gasteiger partial charge >= 0.3 is 0 Å². The van der Waals surface area contributed by atoms with Crippen LogP contribution in [0.1, 0.15) is 12.5 Å². The van der Waals surface area contributed by atoms with Crippen LogP contribution in [0, 0.1) is 0 Å². The monoisotopic (exact) mass is 312 g/mol. The van der Waals surface area contributed by atoms with Gasteiger partial charge in [0.15, 0.2) is 0 Å². The van der Waals surface area contributed by atoms with E-state index in [1.807, 2.05) is 55.6 Å². The Morgan fingerprint density at radius 3 is 2.57 bits per heavy atom. The number of benzene rings is 1. The maximum atomic E-state index is 12.5. The van der Waals surface area contributed by atoms with Crippen LogP contribution < -0.4 is 10.6 Å². The molecule has 0 aliphatic heterocycles. The molecule has 1 atom stereocenters. The van der Waals surface area contributed by atoms with Crippen LogP contribution >= 0.6 is 0 Å². The summed E-state index contributed by atoms with van der Waals surface area (Å²) >= 11 is 0. The molecule has 0 bridgehead atoms. The van der Waals surface area contributed by atoms with Crippen molar-refractivity contribution in [3.63, 3.8) is 0 Å². The van der Waals surface area contributed by atoms with Gasteiger partial charge in [0, 0.05) is 44.3 Å². The molecule has 0 saturated carbocycles. The van der Waals surface area contributed by atoms with E-state index in [4.69, 9.17) is 5.73 Å². The summed E-state index contributed by atoms with van der Waals surface area (Å²) < 4.78 is 0. The Morgan fingerprint density at radius 1 is 1.22 bits per heavy atom. The number of hydrogen-bond acceptors (Lipinski definition) is 4. The summed E-state index contributed by atoms with van der Waals surface area (Å²) in [7, 11) is 1.80. The van der Waals surface area contributed by atoms with Crippen LogP contribution in [0.2, 0.25) is 0 Å². The highest BCUT2D eigenvalue weighted by Gasteiger charge is 2.18. The fraction of sp³-hybridized carbons (Fsp3) is 0.333. The highest BCUT2D eigenvalue weighted by molar-refractivity contribution is 5.81. The Hall–Kier alpha value is -2.40. The van der Waals surface area contributed by atoms with Crippen molar-refractivity contribution in [1.82, 2.24) is 9.88 Å². The largest absolute Gasteiger partial charge is 0.358 e. The first-order valence-corrected chi connectivity index (χ1v) is 7.76. The second-order valence-electron chi connectivity index (χ2n) is 5.64. The van der Waals surface area contributed by atoms with Crippen LogP contribution in [0.25, 0.3) is 0 Å². The van der Waals surface area contributed by atoms with Crippen molar-refractivity contribution in [2.24, 2.45) is 5.73 Å². The average Bonchev–Trinajstić information content (AvgIpc) is 2.61. The normalized spacial score (nSPS) is 11.8. The molecular formula is C18H24N4O. The van der Waals surface area contributed by atoms with E-state index in [2.05, 4.69) is 9.88 Å². The molecule has 0 radical (unpaired) electrons. The van der Waals surface area contributed by atoms with Crippen molar-refractivity contribution in [3.05, 3.63) is 60.4 Å². The SMILES string of the molecule is CC(CN)N(C)C(=O)CN(Cc1cccnc1)c1ccccc1. The number of nitrogens with two attached hydrogens (primary N) is 1. The van der Waals surface area contributed by atoms with E-state index >= 15 is 0 Å². The zero-order valence-electron chi connectivity index (χ0n) is 13.7. The van der Waals surface area contributed by atoms with Gasteiger partial charge in [-0.1, -0.05) is 24.3 Å². The molecule has 1 heterocycles. The Balaban J connectivity index is 2.16. The second-order valence-corrected chi connectivity index (χ2v) is 5.64. The van der Waals surface area contributed by atoms with E-state index in [0.717, 1.165) is 11.3 Å². The Kier molecular flexibility index (Phi) is 6.11. The zero-order valence-corrected chi connectivity index (χ0v) is 13.7. The molecule has 0 spiro atoms. The van der Waals surface area contributed by atoms with Crippen molar-refractivity contribution in [2.45, 2.75) is 19.5 Å². The molecule has 0 aliphatic rings. The molecule has 1 aromatic carbocycles. The minimum atomic E-state index is 0.0264. The van der Waals surface area contributed by atoms with Crippen LogP contribution in [0.4, 0.5) is 5.69 Å². The topological polar surface area (TPSA) is 62.5 Å². The molecule has 23 heavy (non-hydrogen) atoms. The van der Waals surface area contributed by atoms with Gasteiger partial charge in [-0.2, -0.15) is 0 Å². The molecule has 5 nitrogen and oxygen atoms in total. The number of carbonyl (C=O) groups is 1. The number of carbonyl (C=O) groups excluding carboxylic acids is 1. The quantitative estimate of drug-likeness (QED) is 0.848. The smallest absolute Gasteiger partial charge is 0.242 e. The number of para-hydroxylation sites is 1. The van der Waals surface area contributed by atoms with Crippen LogP contribution in [0.5, 0.6) is 0 Å². The minimum absolute atomic E-state index is 0.0264. The number of pyridine rings is 1. The maximum absolute atomic E-state index is 12.5. The lowest BCUT2D eigenvalue weighted by atomic mass is 10.2. The third-order valence-electron chi connectivity index (χ3n) is 3.94. The van der Waals surface area contributed by atoms with Crippen molar-refractivity contribution < 1.29 is 4.79 Å². The van der Waals surface area contributed by atoms with Gasteiger partial charge in [-0.15, -0.1) is 0 Å². The van der Waals surface area contributed by atoms with Crippen molar-refractivity contribution in [3.8, 4) is 0 Å². The molecule has 1 aromatic heterocycles. The first-order chi connectivity index (χ1) is 11.1. The summed E-state index contributed by atoms with van der Waals surface area (Å²) in [6.45, 7) is 3.34. The lowest BCUT2D eigenvalue weighted by Crippen LogP contribution is -2.45. The van der Waals surface area contributed by atoms with Gasteiger partial charge in [0.05, 0.1) is 6.54 Å². The zero-order chi connectivity index (χ0) is 16.7. The van der Waals surface area contributed by atoms with Crippen LogP contribution in [0.3, 0.4) is 0 Å². The van der Waals surface area contributed by atoms with Gasteiger partial charge in [0.1, 0.15) is 0 Å². The Bertz CT molecular complexity index is 603. The third kappa shape index (κ3) is 4.79. The molecule has 1 unspecified atom stereocenters. The molecule has 0 aliphatic carbocycles. The summed E-state index contributed by atoms with van der Waals surface area (Å²) in [4.78, 5) is 20.4. The van der Waals surface area contributed by atoms with E-state index in [-0.39, 0.29) is 11.9 Å². The van der Waals surface area contributed by atoms with Gasteiger partial charge in [-0.25, -0.2) is 0 Å². The summed E-state index contributed by atoms with van der Waals surface area (Å²) in [5.74, 6) is 0.0516. The number of amides is 1. The van der Waals surface area contributed by atoms with Gasteiger partial charge in [-0.05, 0) is 30.7 Å². The molecule has 5 heteroatoms. The van der Waals surface area contributed by atoms with Crippen LogP contribution in [-0.4, -0.2) is 42.0 Å². The van der Waals surface area contributed by atoms with Crippen LogP contribution in [-0.2, 0) is 11.3 Å². The number of aromatic nitrogens is 1. The summed E-state index contributed by atoms with van der Waals surface area (Å²) in [6.07, 6.45) is 3.57. The standard InChI is InChI=1S/C18H24N4O/c1-15(11-19)21(2)18(23)14-22(17-8-4-3-5-9-17)13-16-7-6-10-20-12-16/h3-10,12,15H,11,13-14,19H2,1-2H3. The van der Waals surface area contributed by atoms with E-state index in [9.17, 15) is 4.79 Å². The molecule has 1 amide bonds. The molecular weight excluding hydrogens is 288 g/mol. The van der Waals surface area contributed by atoms with Gasteiger partial charge < -0.3 is 15.5 Å². The predicted octanol–water partition coefficient (Wildman–Crippen LogP) is 1.89. The van der Waals surface area contributed by atoms with E-state index in [0.29, 0.717) is 19.6 Å². The van der Waals surface area contributed by atoms with Crippen LogP contribution in [0.15, 0.2) is 54.9 Å². The Morgan fingerprint density at radius 2 is 1.96 bits per heavy atom. The van der Waals surface area contributed by atoms with Crippen molar-refractivity contribution in [1.29, 1.82) is 0 Å². The van der Waals surface area contributed by atoms with Gasteiger partial charge in [-0.3, -0.25) is 9.78 Å². The van der Waals surface area contributed by atoms with E-state index in [1.54, 1.807) is 18.1 Å². The van der Waals surface area contributed by atoms with Crippen molar-refractivity contribution >= 4 is 11.6 Å². The molecule has 0 fully saturated rings.